The Labute approximate surface area is 189 Å². The number of benzene rings is 2. The van der Waals surface area contributed by atoms with Gasteiger partial charge in [-0.25, -0.2) is 0 Å². The maximum Gasteiger partial charge on any atom is 0.195 e. The molecule has 0 saturated carbocycles. The van der Waals surface area contributed by atoms with Gasteiger partial charge in [0.05, 0.1) is 18.8 Å². The number of rotatable bonds is 3. The Morgan fingerprint density at radius 2 is 1.76 bits per heavy atom. The first-order chi connectivity index (χ1) is 15.8. The minimum absolute atomic E-state index is 0.0186. The van der Waals surface area contributed by atoms with Crippen molar-refractivity contribution in [2.45, 2.75) is 57.1 Å². The molecule has 1 aliphatic heterocycles. The molecule has 0 bridgehead atoms. The molecule has 0 amide bonds. The molecule has 5 atom stereocenters. The second-order valence-electron chi connectivity index (χ2n) is 8.65. The number of carbonyl (C=O) groups is 2. The predicted molar refractivity (Wildman–Crippen MR) is 115 cm³/mol. The summed E-state index contributed by atoms with van der Waals surface area (Å²) in [6.07, 6.45) is -3.84. The molecule has 8 nitrogen and oxygen atoms in total. The molecule has 5 rings (SSSR count). The highest BCUT2D eigenvalue weighted by atomic mass is 16.7. The fourth-order valence-corrected chi connectivity index (χ4v) is 4.89. The molecule has 33 heavy (non-hydrogen) atoms. The van der Waals surface area contributed by atoms with Gasteiger partial charge < -0.3 is 29.9 Å². The fraction of sp³-hybridized carbons (Fsp3) is 0.360. The van der Waals surface area contributed by atoms with Gasteiger partial charge in [0.2, 0.25) is 0 Å². The van der Waals surface area contributed by atoms with Crippen LogP contribution in [-0.2, 0) is 16.1 Å². The van der Waals surface area contributed by atoms with Crippen LogP contribution in [0.4, 0.5) is 0 Å². The molecule has 2 aromatic carbocycles. The standard InChI is InChI=1S/C25H24O8/c1-11-16(27)6-7-18(32-11)33-25-21-20(22(29)13-4-2-3-5-14(13)23(21)30)19-15(24(25)31)8-12(10-26)9-17(19)28/h2-5,8-9,11,16,18,24-28,31H,6-7,10H2,1H3/t11-,16-,18-,24+,25+/m0/s1. The van der Waals surface area contributed by atoms with E-state index in [1.165, 1.54) is 12.1 Å². The number of phenols is 1. The number of aromatic hydroxyl groups is 1. The zero-order chi connectivity index (χ0) is 23.4. The molecule has 8 heteroatoms. The van der Waals surface area contributed by atoms with Crippen LogP contribution in [0.5, 0.6) is 5.75 Å². The van der Waals surface area contributed by atoms with Gasteiger partial charge in [0.25, 0.3) is 0 Å². The lowest BCUT2D eigenvalue weighted by molar-refractivity contribution is -0.240. The second kappa shape index (κ2) is 8.16. The van der Waals surface area contributed by atoms with E-state index >= 15 is 0 Å². The third-order valence-corrected chi connectivity index (χ3v) is 6.59. The molecule has 2 aromatic rings. The van der Waals surface area contributed by atoms with Crippen LogP contribution in [0.3, 0.4) is 0 Å². The van der Waals surface area contributed by atoms with E-state index < -0.39 is 42.3 Å². The fourth-order valence-electron chi connectivity index (χ4n) is 4.89. The number of hydrogen-bond donors (Lipinski definition) is 4. The number of phenolic OH excluding ortho intramolecular Hbond substituents is 1. The van der Waals surface area contributed by atoms with Gasteiger partial charge in [-0.3, -0.25) is 9.59 Å². The van der Waals surface area contributed by atoms with Crippen molar-refractivity contribution in [3.63, 3.8) is 0 Å². The Morgan fingerprint density at radius 1 is 1.06 bits per heavy atom. The van der Waals surface area contributed by atoms with E-state index in [1.807, 2.05) is 0 Å². The molecule has 1 fully saturated rings. The van der Waals surface area contributed by atoms with Crippen molar-refractivity contribution in [3.05, 3.63) is 69.8 Å². The van der Waals surface area contributed by atoms with Crippen molar-refractivity contribution >= 4 is 17.1 Å². The third-order valence-electron chi connectivity index (χ3n) is 6.59. The van der Waals surface area contributed by atoms with E-state index in [1.54, 1.807) is 31.2 Å². The van der Waals surface area contributed by atoms with Crippen LogP contribution in [0.1, 0.15) is 63.3 Å². The van der Waals surface area contributed by atoms with Crippen molar-refractivity contribution in [2.24, 2.45) is 0 Å². The molecular formula is C25H24O8. The van der Waals surface area contributed by atoms with Crippen LogP contribution in [0.25, 0.3) is 5.57 Å². The number of hydrogen-bond acceptors (Lipinski definition) is 8. The van der Waals surface area contributed by atoms with Gasteiger partial charge in [0.15, 0.2) is 17.9 Å². The molecule has 4 N–H and O–H groups in total. The molecule has 2 aliphatic carbocycles. The van der Waals surface area contributed by atoms with Crippen LogP contribution in [-0.4, -0.2) is 56.6 Å². The summed E-state index contributed by atoms with van der Waals surface area (Å²) >= 11 is 0. The topological polar surface area (TPSA) is 134 Å². The normalized spacial score (nSPS) is 28.9. The summed E-state index contributed by atoms with van der Waals surface area (Å²) in [7, 11) is 0. The minimum Gasteiger partial charge on any atom is -0.507 e. The van der Waals surface area contributed by atoms with E-state index in [0.29, 0.717) is 18.4 Å². The molecule has 0 aromatic heterocycles. The third kappa shape index (κ3) is 3.42. The summed E-state index contributed by atoms with van der Waals surface area (Å²) < 4.78 is 11.8. The molecule has 1 saturated heterocycles. The van der Waals surface area contributed by atoms with Gasteiger partial charge in [-0.15, -0.1) is 0 Å². The lowest BCUT2D eigenvalue weighted by Gasteiger charge is -2.39. The zero-order valence-electron chi connectivity index (χ0n) is 17.9. The van der Waals surface area contributed by atoms with Gasteiger partial charge in [0.1, 0.15) is 18.0 Å². The number of fused-ring (bicyclic) bond motifs is 3. The molecule has 172 valence electrons. The lowest BCUT2D eigenvalue weighted by atomic mass is 9.72. The monoisotopic (exact) mass is 452 g/mol. The summed E-state index contributed by atoms with van der Waals surface area (Å²) in [5, 5.41) is 41.6. The van der Waals surface area contributed by atoms with E-state index in [-0.39, 0.29) is 45.8 Å². The first-order valence-electron chi connectivity index (χ1n) is 10.9. The molecular weight excluding hydrogens is 428 g/mol. The highest BCUT2D eigenvalue weighted by Crippen LogP contribution is 2.48. The van der Waals surface area contributed by atoms with Crippen LogP contribution >= 0.6 is 0 Å². The average Bonchev–Trinajstić information content (AvgIpc) is 2.81. The van der Waals surface area contributed by atoms with E-state index in [2.05, 4.69) is 0 Å². The highest BCUT2D eigenvalue weighted by Gasteiger charge is 2.47. The van der Waals surface area contributed by atoms with Crippen LogP contribution in [0.2, 0.25) is 0 Å². The number of Topliss-reactive ketones (excluding diaryl/α,β-unsaturated/α-hetero) is 2. The van der Waals surface area contributed by atoms with Crippen molar-refractivity contribution < 1.29 is 39.5 Å². The van der Waals surface area contributed by atoms with Gasteiger partial charge in [-0.05, 0) is 36.6 Å². The van der Waals surface area contributed by atoms with Crippen molar-refractivity contribution in [3.8, 4) is 5.75 Å². The lowest BCUT2D eigenvalue weighted by Crippen LogP contribution is -2.44. The summed E-state index contributed by atoms with van der Waals surface area (Å²) in [5.74, 6) is -1.24. The van der Waals surface area contributed by atoms with Crippen LogP contribution in [0.15, 0.2) is 42.0 Å². The van der Waals surface area contributed by atoms with Crippen molar-refractivity contribution in [1.82, 2.24) is 0 Å². The van der Waals surface area contributed by atoms with Gasteiger partial charge in [-0.2, -0.15) is 0 Å². The number of ketones is 2. The van der Waals surface area contributed by atoms with E-state index in [0.717, 1.165) is 0 Å². The van der Waals surface area contributed by atoms with Gasteiger partial charge in [0, 0.05) is 34.3 Å². The first-order valence-corrected chi connectivity index (χ1v) is 10.9. The first kappa shape index (κ1) is 21.9. The van der Waals surface area contributed by atoms with E-state index in [4.69, 9.17) is 9.47 Å². The summed E-state index contributed by atoms with van der Waals surface area (Å²) in [4.78, 5) is 27.1. The second-order valence-corrected chi connectivity index (χ2v) is 8.65. The van der Waals surface area contributed by atoms with Crippen molar-refractivity contribution in [2.75, 3.05) is 0 Å². The number of aliphatic hydroxyl groups excluding tert-OH is 3. The molecule has 0 spiro atoms. The molecule has 1 heterocycles. The smallest absolute Gasteiger partial charge is 0.195 e. The summed E-state index contributed by atoms with van der Waals surface area (Å²) in [6, 6.07) is 9.19. The van der Waals surface area contributed by atoms with Crippen LogP contribution in [0, 0.1) is 0 Å². The highest BCUT2D eigenvalue weighted by molar-refractivity contribution is 6.41. The number of ether oxygens (including phenoxy) is 2. The number of allylic oxidation sites excluding steroid dienone is 1. The minimum atomic E-state index is -1.40. The average molecular weight is 452 g/mol. The maximum atomic E-state index is 13.6. The molecule has 0 unspecified atom stereocenters. The number of carbonyl (C=O) groups excluding carboxylic acids is 2. The SMILES string of the molecule is C[C@@H]1O[C@@H](O[C@@H]2C3=C(C(=O)c4ccccc4C3=O)c3c(O)cc(CO)cc3[C@H]2O)CC[C@@H]1O. The Hall–Kier alpha value is -2.88. The Kier molecular flexibility index (Phi) is 5.43. The molecule has 3 aliphatic rings. The van der Waals surface area contributed by atoms with Gasteiger partial charge in [-0.1, -0.05) is 24.3 Å². The zero-order valence-corrected chi connectivity index (χ0v) is 17.9. The molecule has 0 radical (unpaired) electrons. The van der Waals surface area contributed by atoms with Gasteiger partial charge >= 0.3 is 0 Å². The van der Waals surface area contributed by atoms with Crippen molar-refractivity contribution in [1.29, 1.82) is 0 Å². The quantitative estimate of drug-likeness (QED) is 0.556. The van der Waals surface area contributed by atoms with Crippen LogP contribution < -0.4 is 0 Å². The summed E-state index contributed by atoms with van der Waals surface area (Å²) in [6.45, 7) is 1.32. The summed E-state index contributed by atoms with van der Waals surface area (Å²) in [5.41, 5.74) is 0.948. The Balaban J connectivity index is 1.68. The largest absolute Gasteiger partial charge is 0.507 e. The van der Waals surface area contributed by atoms with E-state index in [9.17, 15) is 30.0 Å². The number of aliphatic hydroxyl groups is 3. The predicted octanol–water partition coefficient (Wildman–Crippen LogP) is 2.04. The Morgan fingerprint density at radius 3 is 2.42 bits per heavy atom. The Bertz CT molecular complexity index is 1180. The maximum absolute atomic E-state index is 13.6.